The van der Waals surface area contributed by atoms with E-state index < -0.39 is 116 Å². The molecular weight excluding hydrogens is 1840 g/mol. The van der Waals surface area contributed by atoms with Crippen molar-refractivity contribution < 1.29 is 121 Å². The summed E-state index contributed by atoms with van der Waals surface area (Å²) in [6, 6.07) is 64.0. The molecule has 35 heteroatoms. The molecule has 5 fully saturated rings. The summed E-state index contributed by atoms with van der Waals surface area (Å²) >= 11 is 26.3. The average molecular weight is 1940 g/mol. The summed E-state index contributed by atoms with van der Waals surface area (Å²) in [6.07, 6.45) is 2.83. The molecule has 0 bridgehead atoms. The Balaban J connectivity index is 0.000000166. The molecule has 0 unspecified atom stereocenters. The molecule has 0 radical (unpaired) electrons. The lowest BCUT2D eigenvalue weighted by atomic mass is 9.92. The highest BCUT2D eigenvalue weighted by Crippen LogP contribution is 2.60. The molecule has 5 aliphatic carbocycles. The molecule has 14 rings (SSSR count). The highest BCUT2D eigenvalue weighted by atomic mass is 127. The first kappa shape index (κ1) is 97.6. The number of ether oxygens (including phenoxy) is 10. The van der Waals surface area contributed by atoms with Crippen LogP contribution >= 0.6 is 69.0 Å². The van der Waals surface area contributed by atoms with Gasteiger partial charge in [0.15, 0.2) is 0 Å². The Hall–Kier alpha value is -11.6. The molecule has 5 saturated carbocycles. The number of hydroxylamine groups is 5. The molecule has 0 aromatic heterocycles. The lowest BCUT2D eigenvalue weighted by molar-refractivity contribution is -0.150. The fourth-order valence-electron chi connectivity index (χ4n) is 15.5. The number of benzene rings is 9. The van der Waals surface area contributed by atoms with Gasteiger partial charge in [-0.2, -0.15) is 0 Å². The zero-order valence-electron chi connectivity index (χ0n) is 69.4. The van der Waals surface area contributed by atoms with Crippen LogP contribution < -0.4 is 51.1 Å². The fourth-order valence-corrected chi connectivity index (χ4v) is 17.2. The van der Waals surface area contributed by atoms with Gasteiger partial charge < -0.3 is 47.4 Å². The number of nitrogens with one attached hydrogen (secondary N) is 5. The van der Waals surface area contributed by atoms with E-state index in [4.69, 9.17) is 120 Å². The number of halogens is 5. The van der Waals surface area contributed by atoms with Crippen LogP contribution in [0.3, 0.4) is 0 Å². The third kappa shape index (κ3) is 23.6. The maximum Gasteiger partial charge on any atom is 0.317 e. The van der Waals surface area contributed by atoms with Crippen LogP contribution in [-0.4, -0.2) is 135 Å². The number of carbonyl (C=O) groups excluding carboxylic acids is 10. The smallest absolute Gasteiger partial charge is 0.317 e. The van der Waals surface area contributed by atoms with Crippen molar-refractivity contribution >= 4 is 128 Å². The lowest BCUT2D eigenvalue weighted by Gasteiger charge is -2.16. The number of hydrogen-bond donors (Lipinski definition) is 10. The van der Waals surface area contributed by atoms with Gasteiger partial charge in [-0.1, -0.05) is 156 Å². The van der Waals surface area contributed by atoms with Crippen molar-refractivity contribution in [1.82, 2.24) is 27.4 Å². The zero-order chi connectivity index (χ0) is 92.0. The predicted molar refractivity (Wildman–Crippen MR) is 467 cm³/mol. The van der Waals surface area contributed by atoms with Gasteiger partial charge in [-0.3, -0.25) is 74.0 Å². The van der Waals surface area contributed by atoms with Gasteiger partial charge in [-0.25, -0.2) is 27.4 Å². The molecule has 0 saturated heterocycles. The van der Waals surface area contributed by atoms with Crippen LogP contribution in [0, 0.1) is 44.0 Å². The number of rotatable bonds is 31. The largest absolute Gasteiger partial charge is 0.497 e. The molecule has 9 aromatic rings. The van der Waals surface area contributed by atoms with E-state index in [9.17, 15) is 47.9 Å². The number of hydrogen-bond acceptors (Lipinski definition) is 25. The van der Waals surface area contributed by atoms with Crippen molar-refractivity contribution in [2.75, 3.05) is 49.3 Å². The fraction of sp³-hybridized carbons (Fsp3) is 0.304. The van der Waals surface area contributed by atoms with Crippen LogP contribution in [-0.2, 0) is 127 Å². The summed E-state index contributed by atoms with van der Waals surface area (Å²) in [5.74, 6) is -5.38. The zero-order valence-corrected chi connectivity index (χ0v) is 74.6. The Morgan fingerprint density at radius 2 is 0.709 bits per heavy atom. The summed E-state index contributed by atoms with van der Waals surface area (Å²) in [6.45, 7) is 1.55. The first-order valence-corrected chi connectivity index (χ1v) is 41.9. The number of esters is 5. The van der Waals surface area contributed by atoms with E-state index in [-0.39, 0.29) is 12.8 Å². The van der Waals surface area contributed by atoms with Crippen LogP contribution in [0.5, 0.6) is 28.7 Å². The second-order valence-electron chi connectivity index (χ2n) is 30.4. The molecule has 5 amide bonds. The molecule has 670 valence electrons. The second-order valence-corrected chi connectivity index (χ2v) is 33.3. The highest BCUT2D eigenvalue weighted by Gasteiger charge is 2.69. The topological polar surface area (TPSA) is 424 Å². The van der Waals surface area contributed by atoms with E-state index >= 15 is 0 Å². The Kier molecular flexibility index (Phi) is 34.0. The normalized spacial score (nSPS) is 21.2. The lowest BCUT2D eigenvalue weighted by Crippen LogP contribution is -2.31. The van der Waals surface area contributed by atoms with Gasteiger partial charge in [0, 0.05) is 30.1 Å². The molecule has 127 heavy (non-hydrogen) atoms. The summed E-state index contributed by atoms with van der Waals surface area (Å²) in [5.41, 5.74) is 10.5. The van der Waals surface area contributed by atoms with Crippen LogP contribution in [0.2, 0.25) is 20.1 Å². The third-order valence-electron chi connectivity index (χ3n) is 22.7. The predicted octanol–water partition coefficient (Wildman–Crippen LogP) is 13.3. The average Bonchev–Trinajstić information content (AvgIpc) is 1.58. The quantitative estimate of drug-likeness (QED) is 0.00634. The summed E-state index contributed by atoms with van der Waals surface area (Å²) < 4.78 is 53.7. The minimum atomic E-state index is -1.11. The van der Waals surface area contributed by atoms with E-state index in [1.165, 1.54) is 42.7 Å². The second kappa shape index (κ2) is 44.2. The Morgan fingerprint density at radius 1 is 0.339 bits per heavy atom. The van der Waals surface area contributed by atoms with E-state index in [0.717, 1.165) is 42.7 Å². The molecule has 0 heterocycles. The first-order chi connectivity index (χ1) is 61.0. The van der Waals surface area contributed by atoms with Crippen molar-refractivity contribution in [2.45, 2.75) is 87.4 Å². The monoisotopic (exact) mass is 1930 g/mol. The number of methoxy groups -OCH3 is 6. The maximum atomic E-state index is 12.4. The molecule has 10 N–H and O–H groups in total. The van der Waals surface area contributed by atoms with E-state index in [0.29, 0.717) is 125 Å². The molecular formula is C92H92Cl4IN5O25. The van der Waals surface area contributed by atoms with Crippen molar-refractivity contribution in [3.63, 3.8) is 0 Å². The highest BCUT2D eigenvalue weighted by molar-refractivity contribution is 14.1. The van der Waals surface area contributed by atoms with E-state index in [1.54, 1.807) is 143 Å². The summed E-state index contributed by atoms with van der Waals surface area (Å²) in [5, 5.41) is 46.4. The van der Waals surface area contributed by atoms with E-state index in [2.05, 4.69) is 28.7 Å². The molecule has 0 aliphatic heterocycles. The van der Waals surface area contributed by atoms with Gasteiger partial charge >= 0.3 is 29.8 Å². The minimum Gasteiger partial charge on any atom is -0.497 e. The summed E-state index contributed by atoms with van der Waals surface area (Å²) in [7, 11) is 7.94. The molecule has 0 spiro atoms. The van der Waals surface area contributed by atoms with Crippen LogP contribution in [0.4, 0.5) is 0 Å². The molecule has 30 nitrogen and oxygen atoms in total. The van der Waals surface area contributed by atoms with Gasteiger partial charge in [0.2, 0.25) is 29.5 Å². The Labute approximate surface area is 763 Å². The van der Waals surface area contributed by atoms with Crippen LogP contribution in [0.15, 0.2) is 212 Å². The van der Waals surface area contributed by atoms with Crippen molar-refractivity contribution in [2.24, 2.45) is 40.4 Å². The van der Waals surface area contributed by atoms with Crippen molar-refractivity contribution in [3.05, 3.63) is 286 Å². The third-order valence-corrected chi connectivity index (χ3v) is 24.4. The van der Waals surface area contributed by atoms with Gasteiger partial charge in [0.05, 0.1) is 89.7 Å². The molecule has 9 aromatic carbocycles. The maximum absolute atomic E-state index is 12.4. The first-order valence-electron chi connectivity index (χ1n) is 39.3. The van der Waals surface area contributed by atoms with Crippen LogP contribution in [0.25, 0.3) is 0 Å². The Bertz CT molecular complexity index is 5430. The van der Waals surface area contributed by atoms with Crippen LogP contribution in [0.1, 0.15) is 82.2 Å². The van der Waals surface area contributed by atoms with Crippen molar-refractivity contribution in [1.29, 1.82) is 0 Å². The number of carbonyl (C=O) groups is 10. The van der Waals surface area contributed by atoms with Gasteiger partial charge in [0.1, 0.15) is 64.8 Å². The summed E-state index contributed by atoms with van der Waals surface area (Å²) in [4.78, 5) is 120. The van der Waals surface area contributed by atoms with Gasteiger partial charge in [-0.05, 0) is 221 Å². The minimum absolute atomic E-state index is 0.260. The van der Waals surface area contributed by atoms with Gasteiger partial charge in [-0.15, -0.1) is 0 Å². The van der Waals surface area contributed by atoms with E-state index in [1.807, 2.05) is 91.0 Å². The molecule has 10 atom stereocenters. The molecule has 5 aliphatic rings. The SMILES string of the molecule is COC(=O)[C@@]1(Cc2ccc(OCc3cc(Cl)cc(Cl)c3)cc2)C[C@@H]1C(=O)NO.COC(=O)[C@@]1(Cc2ccc(OCc3cccc(I)c3)cc2)C[C@@H]1C(=O)NO.COC(=O)[C@@]1(c2cccc(OC)c2)C[C@@H]1C(=O)NO.COC(=O)[C@]1(c2cccc(OCCc3ccc(Cl)cc3Cl)c2)C[C@H]1C(=O)NO.COC(=O)[C@]1(c2cccc(OCc3ccccc3)c2)C[C@H]1C(=O)NO. The number of amides is 5. The Morgan fingerprint density at radius 3 is 1.11 bits per heavy atom. The standard InChI is InChI=1S/2C20H19Cl2NO5.C20H20INO5.C19H19NO5.C13H15NO5/c1-27-19(25)20(10-17(20)18(24)23-26)9-12-2-4-16(5-3-12)28-11-13-6-14(21)8-15(22)7-13;1-27-19(25)20(11-16(20)18(24)23-26)13-3-2-4-15(9-13)28-8-7-12-5-6-14(21)10-17(12)22;1-26-19(24)20(11-17(20)18(23)22-25)10-13-5-7-16(8-6-13)27-12-14-3-2-4-15(21)9-14;1-24-18(22)19(11-16(19)17(21)20-23)14-8-5-9-15(10-14)25-12-13-6-3-2-4-7-13;1-18-9-5-3-4-8(6-9)13(12(16)19-2)7-10(13)11(15)14-17/h2-8,17,26H,9-11H2,1H3,(H,23,24);2-6,9-10,16,26H,7-8,11H2,1H3,(H,23,24);2-9,17,25H,10-12H2,1H3,(H,22,23);2-10,16,23H,11-12H2,1H3,(H,20,21);3-6,10,17H,7H2,1-2H3,(H,14,15)/t17-,20+;16-,20-;17-,20+;16-,19-;10-,13-/m10101/s1. The van der Waals surface area contributed by atoms with Gasteiger partial charge in [0.25, 0.3) is 0 Å². The van der Waals surface area contributed by atoms with Crippen molar-refractivity contribution in [3.8, 4) is 28.7 Å².